The van der Waals surface area contributed by atoms with E-state index in [1.807, 2.05) is 73.8 Å². The maximum absolute atomic E-state index is 15.3. The number of carbonyl (C=O) groups is 11. The average Bonchev–Trinajstić information content (AvgIpc) is 0.859. The number of nitrogens with one attached hydrogen (secondary N) is 4. The molecule has 1 rings (SSSR count). The van der Waals surface area contributed by atoms with Crippen LogP contribution in [0.25, 0.3) is 0 Å². The molecule has 0 saturated carbocycles. The van der Waals surface area contributed by atoms with E-state index in [0.29, 0.717) is 12.8 Å². The fraction of sp³-hybridized carbons (Fsp3) is 0.794. The Labute approximate surface area is 551 Å². The van der Waals surface area contributed by atoms with Crippen molar-refractivity contribution in [3.8, 4) is 0 Å². The van der Waals surface area contributed by atoms with Gasteiger partial charge in [-0.1, -0.05) is 109 Å². The molecule has 5 N–H and O–H groups in total. The number of carbonyl (C=O) groups excluding carboxylic acids is 11. The largest absolute Gasteiger partial charge is 0.390 e. The van der Waals surface area contributed by atoms with Gasteiger partial charge in [-0.15, -0.1) is 0 Å². The summed E-state index contributed by atoms with van der Waals surface area (Å²) in [6, 6.07) is -12.4. The molecule has 0 spiro atoms. The van der Waals surface area contributed by atoms with Crippen molar-refractivity contribution in [3.63, 3.8) is 0 Å². The lowest BCUT2D eigenvalue weighted by atomic mass is 9.91. The fourth-order valence-corrected chi connectivity index (χ4v) is 11.5. The molecule has 0 aromatic carbocycles. The van der Waals surface area contributed by atoms with Gasteiger partial charge in [0, 0.05) is 56.4 Å². The summed E-state index contributed by atoms with van der Waals surface area (Å²) in [5.74, 6) is -9.51. The number of amides is 11. The van der Waals surface area contributed by atoms with Gasteiger partial charge in [-0.3, -0.25) is 52.7 Å². The van der Waals surface area contributed by atoms with Crippen LogP contribution in [0.4, 0.5) is 0 Å². The van der Waals surface area contributed by atoms with E-state index in [1.165, 1.54) is 87.7 Å². The Kier molecular flexibility index (Phi) is 36.3. The van der Waals surface area contributed by atoms with Crippen LogP contribution in [0, 0.1) is 41.4 Å². The molecule has 1 saturated heterocycles. The zero-order chi connectivity index (χ0) is 70.9. The Morgan fingerprint density at radius 1 is 0.489 bits per heavy atom. The van der Waals surface area contributed by atoms with Crippen molar-refractivity contribution in [3.05, 3.63) is 12.2 Å². The Morgan fingerprint density at radius 2 is 0.967 bits per heavy atom. The molecule has 0 bridgehead atoms. The van der Waals surface area contributed by atoms with Crippen molar-refractivity contribution in [2.24, 2.45) is 46.4 Å². The molecule has 526 valence electrons. The Bertz CT molecular complexity index is 2500. The number of allylic oxidation sites excluding steroid dienone is 2. The SMILES string of the molecule is CC[C@H]1NC(=O)[C@H]([C@H](O)[C@H](C)C/C=C/CCCC/C=N/C)N(C)C(=O)[C@@H](C(C)C)N(C)C(=O)[C@@H](CC(C)C)N(C)C(=O)[C@H](CC(C)C)N(C)C(=O)[C@H](C)NC(=O)[C@@H](C)NC(=O)[C@@H](CCC(C)C)N(C)C(=O)[C@@H](C(C)C)NC(=O)[C@H](CC(C)C)N(C)C(=O)CN(C)C1=O. The van der Waals surface area contributed by atoms with Crippen LogP contribution in [0.15, 0.2) is 17.1 Å². The molecule has 92 heavy (non-hydrogen) atoms. The first-order valence-corrected chi connectivity index (χ1v) is 33.5. The fourth-order valence-electron chi connectivity index (χ4n) is 11.5. The van der Waals surface area contributed by atoms with E-state index in [1.54, 1.807) is 48.6 Å². The highest BCUT2D eigenvalue weighted by Gasteiger charge is 2.46. The quantitative estimate of drug-likeness (QED) is 0.0583. The number of hydrogen-bond acceptors (Lipinski definition) is 13. The van der Waals surface area contributed by atoms with Crippen LogP contribution in [0.2, 0.25) is 0 Å². The predicted molar refractivity (Wildman–Crippen MR) is 360 cm³/mol. The van der Waals surface area contributed by atoms with Crippen molar-refractivity contribution >= 4 is 71.2 Å². The van der Waals surface area contributed by atoms with E-state index in [-0.39, 0.29) is 55.8 Å². The van der Waals surface area contributed by atoms with Gasteiger partial charge in [-0.25, -0.2) is 0 Å². The van der Waals surface area contributed by atoms with E-state index in [0.717, 1.165) is 35.5 Å². The standard InChI is InChI=1S/C68H122N12O12/c1-25-49-64(88)74(18)39-54(81)75(19)51(36-41(4)5)61(85)73-55(44(10)11)67(91)76(20)50(34-33-40(2)3)60(84)70-47(15)59(83)71-48(16)63(87)77(21)52(37-42(6)7)65(89)78(22)53(38-43(8)9)66(90)79(23)56(45(12)13)68(92)80(24)57(62(86)72-49)58(82)46(14)32-30-28-26-27-29-31-35-69-17/h28,30,35,40-53,55-58,82H,25-27,29,31-34,36-39H2,1-24H3,(H,70,84)(H,71,83)(H,72,86)(H,73,85)/b30-28+,69-35+/t46-,47-,48+,49-,50-,51+,52+,53-,55-,56-,57+,58-/m1/s1. The van der Waals surface area contributed by atoms with Crippen LogP contribution >= 0.6 is 0 Å². The summed E-state index contributed by atoms with van der Waals surface area (Å²) in [5.41, 5.74) is 0. The molecule has 0 aliphatic carbocycles. The first-order chi connectivity index (χ1) is 42.7. The Balaban J connectivity index is 4.34. The van der Waals surface area contributed by atoms with E-state index in [9.17, 15) is 38.7 Å². The van der Waals surface area contributed by atoms with Crippen LogP contribution in [0.3, 0.4) is 0 Å². The molecule has 11 amide bonds. The lowest BCUT2D eigenvalue weighted by molar-refractivity contribution is -0.157. The molecule has 1 aliphatic rings. The molecule has 1 fully saturated rings. The van der Waals surface area contributed by atoms with E-state index in [2.05, 4.69) is 26.3 Å². The lowest BCUT2D eigenvalue weighted by Crippen LogP contribution is -2.63. The maximum Gasteiger partial charge on any atom is 0.246 e. The normalized spacial score (nSPS) is 25.9. The molecule has 0 aromatic rings. The summed E-state index contributed by atoms with van der Waals surface area (Å²) in [5, 5.41) is 23.4. The molecule has 24 heteroatoms. The summed E-state index contributed by atoms with van der Waals surface area (Å²) in [6.45, 7) is 27.8. The number of aliphatic imine (C=N–C) groups is 1. The van der Waals surface area contributed by atoms with Gasteiger partial charge in [0.2, 0.25) is 65.0 Å². The third kappa shape index (κ3) is 25.1. The maximum atomic E-state index is 15.3. The Hall–Kier alpha value is -6.46. The number of aliphatic hydroxyl groups is 1. The van der Waals surface area contributed by atoms with Crippen molar-refractivity contribution in [1.29, 1.82) is 0 Å². The first kappa shape index (κ1) is 83.6. The van der Waals surface area contributed by atoms with Crippen LogP contribution in [0.1, 0.15) is 181 Å². The van der Waals surface area contributed by atoms with E-state index in [4.69, 9.17) is 0 Å². The van der Waals surface area contributed by atoms with Crippen LogP contribution < -0.4 is 21.3 Å². The number of likely N-dealkylation sites (N-methyl/N-ethyl adjacent to an activating group) is 7. The molecule has 0 radical (unpaired) electrons. The number of unbranched alkanes of at least 4 members (excludes halogenated alkanes) is 3. The monoisotopic (exact) mass is 1300 g/mol. The lowest BCUT2D eigenvalue weighted by Gasteiger charge is -2.41. The summed E-state index contributed by atoms with van der Waals surface area (Å²) >= 11 is 0. The molecule has 1 aliphatic heterocycles. The van der Waals surface area contributed by atoms with Gasteiger partial charge in [0.1, 0.15) is 60.4 Å². The number of hydrogen-bond donors (Lipinski definition) is 5. The zero-order valence-electron chi connectivity index (χ0n) is 60.6. The van der Waals surface area contributed by atoms with Gasteiger partial charge in [-0.2, -0.15) is 0 Å². The van der Waals surface area contributed by atoms with Crippen molar-refractivity contribution < 1.29 is 57.8 Å². The third-order valence-electron chi connectivity index (χ3n) is 17.5. The minimum Gasteiger partial charge on any atom is -0.390 e. The summed E-state index contributed by atoms with van der Waals surface area (Å²) in [4.78, 5) is 174. The zero-order valence-corrected chi connectivity index (χ0v) is 60.6. The molecular formula is C68H122N12O12. The smallest absolute Gasteiger partial charge is 0.246 e. The minimum atomic E-state index is -1.63. The average molecular weight is 1300 g/mol. The van der Waals surface area contributed by atoms with Crippen molar-refractivity contribution in [2.45, 2.75) is 248 Å². The summed E-state index contributed by atoms with van der Waals surface area (Å²) in [6.07, 6.45) is 9.15. The predicted octanol–water partition coefficient (Wildman–Crippen LogP) is 4.90. The second-order valence-corrected chi connectivity index (χ2v) is 28.1. The number of rotatable bonds is 21. The van der Waals surface area contributed by atoms with Gasteiger partial charge < -0.3 is 65.7 Å². The molecule has 24 nitrogen and oxygen atoms in total. The Morgan fingerprint density at radius 3 is 1.47 bits per heavy atom. The van der Waals surface area contributed by atoms with E-state index >= 15 is 19.2 Å². The van der Waals surface area contributed by atoms with Crippen molar-refractivity contribution in [1.82, 2.24) is 55.6 Å². The van der Waals surface area contributed by atoms with Gasteiger partial charge in [-0.05, 0) is 132 Å². The van der Waals surface area contributed by atoms with Gasteiger partial charge >= 0.3 is 0 Å². The van der Waals surface area contributed by atoms with Crippen LogP contribution in [0.5, 0.6) is 0 Å². The number of nitrogens with zero attached hydrogens (tertiary/aromatic N) is 8. The first-order valence-electron chi connectivity index (χ1n) is 33.5. The highest BCUT2D eigenvalue weighted by molar-refractivity contribution is 5.99. The molecule has 12 atom stereocenters. The minimum absolute atomic E-state index is 0.0175. The molecule has 1 heterocycles. The van der Waals surface area contributed by atoms with Crippen LogP contribution in [-0.2, 0) is 52.7 Å². The third-order valence-corrected chi connectivity index (χ3v) is 17.5. The van der Waals surface area contributed by atoms with Gasteiger partial charge in [0.15, 0.2) is 0 Å². The number of aliphatic hydroxyl groups excluding tert-OH is 1. The second kappa shape index (κ2) is 39.9. The van der Waals surface area contributed by atoms with Crippen LogP contribution in [-0.4, -0.2) is 240 Å². The van der Waals surface area contributed by atoms with Crippen molar-refractivity contribution in [2.75, 3.05) is 62.9 Å². The summed E-state index contributed by atoms with van der Waals surface area (Å²) < 4.78 is 0. The molecule has 0 aromatic heterocycles. The summed E-state index contributed by atoms with van der Waals surface area (Å²) in [7, 11) is 11.7. The molecule has 0 unspecified atom stereocenters. The topological polar surface area (TPSA) is 291 Å². The van der Waals surface area contributed by atoms with Gasteiger partial charge in [0.25, 0.3) is 0 Å². The highest BCUT2D eigenvalue weighted by atomic mass is 16.3. The highest BCUT2D eigenvalue weighted by Crippen LogP contribution is 2.26. The van der Waals surface area contributed by atoms with E-state index < -0.39 is 156 Å². The van der Waals surface area contributed by atoms with Gasteiger partial charge in [0.05, 0.1) is 12.6 Å². The second-order valence-electron chi connectivity index (χ2n) is 28.1. The molecular weight excluding hydrogens is 1180 g/mol.